The van der Waals surface area contributed by atoms with Crippen molar-refractivity contribution in [3.05, 3.63) is 30.1 Å². The summed E-state index contributed by atoms with van der Waals surface area (Å²) in [5, 5.41) is 0. The predicted octanol–water partition coefficient (Wildman–Crippen LogP) is 3.54. The number of urea groups is 1. The lowest BCUT2D eigenvalue weighted by Gasteiger charge is -2.26. The zero-order chi connectivity index (χ0) is 18.8. The molecule has 1 fully saturated rings. The minimum atomic E-state index is -0.872. The van der Waals surface area contributed by atoms with Gasteiger partial charge in [-0.3, -0.25) is 9.69 Å². The van der Waals surface area contributed by atoms with Crippen LogP contribution in [-0.2, 0) is 4.79 Å². The molecule has 11 heteroatoms. The Morgan fingerprint density at radius 2 is 2.04 bits per heavy atom. The van der Waals surface area contributed by atoms with E-state index in [1.165, 1.54) is 37.2 Å². The first-order valence-corrected chi connectivity index (χ1v) is 10.3. The van der Waals surface area contributed by atoms with Crippen LogP contribution in [-0.4, -0.2) is 51.3 Å². The summed E-state index contributed by atoms with van der Waals surface area (Å²) in [5.74, 6) is -1.36. The molecule has 1 aromatic rings. The molecule has 1 aliphatic heterocycles. The Morgan fingerprint density at radius 1 is 1.40 bits per heavy atom. The summed E-state index contributed by atoms with van der Waals surface area (Å²) < 4.78 is 16.3. The van der Waals surface area contributed by atoms with Gasteiger partial charge in [0.1, 0.15) is 15.2 Å². The van der Waals surface area contributed by atoms with E-state index in [2.05, 4.69) is 41.6 Å². The molecule has 0 aliphatic carbocycles. The standard InChI is InChI=1S/C14H14Br2ClFN4O2S/c1-21-11(23)10(19-12(20-25-2)14(15,16)7-17)22(13(21)24)9-6-4-3-5-8(9)18/h3-6,12,20H,7H2,1-2H3/b19-10-. The number of amides is 3. The Morgan fingerprint density at radius 3 is 2.60 bits per heavy atom. The van der Waals surface area contributed by atoms with Crippen molar-refractivity contribution in [2.75, 3.05) is 24.1 Å². The number of nitrogens with zero attached hydrogens (tertiary/aromatic N) is 3. The second kappa shape index (κ2) is 8.34. The lowest BCUT2D eigenvalue weighted by Crippen LogP contribution is -2.42. The first kappa shape index (κ1) is 20.6. The minimum Gasteiger partial charge on any atom is -0.265 e. The molecule has 1 N–H and O–H groups in total. The van der Waals surface area contributed by atoms with Crippen molar-refractivity contribution in [1.29, 1.82) is 0 Å². The number of benzene rings is 1. The second-order valence-corrected chi connectivity index (χ2v) is 9.81. The number of likely N-dealkylation sites (N-methyl/N-ethyl adjacent to an activating group) is 1. The Bertz CT molecular complexity index is 722. The molecule has 0 bridgehead atoms. The molecule has 3 amide bonds. The maximum atomic E-state index is 14.2. The largest absolute Gasteiger partial charge is 0.337 e. The number of para-hydroxylation sites is 1. The van der Waals surface area contributed by atoms with Gasteiger partial charge in [0.25, 0.3) is 5.91 Å². The van der Waals surface area contributed by atoms with E-state index < -0.39 is 27.2 Å². The van der Waals surface area contributed by atoms with Crippen molar-refractivity contribution in [1.82, 2.24) is 9.62 Å². The molecular weight excluding hydrogens is 503 g/mol. The molecule has 1 atom stereocenters. The molecule has 0 saturated carbocycles. The molecule has 1 unspecified atom stereocenters. The molecule has 1 heterocycles. The maximum Gasteiger partial charge on any atom is 0.337 e. The van der Waals surface area contributed by atoms with E-state index in [1.807, 2.05) is 0 Å². The number of nitrogens with one attached hydrogen (secondary N) is 1. The van der Waals surface area contributed by atoms with Crippen LogP contribution >= 0.6 is 55.4 Å². The highest BCUT2D eigenvalue weighted by Gasteiger charge is 2.44. The second-order valence-electron chi connectivity index (χ2n) is 5.01. The highest BCUT2D eigenvalue weighted by molar-refractivity contribution is 9.25. The highest BCUT2D eigenvalue weighted by atomic mass is 79.9. The normalized spacial score (nSPS) is 18.4. The lowest BCUT2D eigenvalue weighted by molar-refractivity contribution is -0.119. The fraction of sp³-hybridized carbons (Fsp3) is 0.357. The van der Waals surface area contributed by atoms with E-state index in [0.717, 1.165) is 9.80 Å². The zero-order valence-electron chi connectivity index (χ0n) is 13.2. The van der Waals surface area contributed by atoms with E-state index in [-0.39, 0.29) is 17.4 Å². The van der Waals surface area contributed by atoms with E-state index >= 15 is 0 Å². The number of alkyl halides is 3. The van der Waals surface area contributed by atoms with Gasteiger partial charge in [-0.15, -0.1) is 11.6 Å². The summed E-state index contributed by atoms with van der Waals surface area (Å²) in [6, 6.07) is 5.00. The number of imide groups is 1. The van der Waals surface area contributed by atoms with Crippen molar-refractivity contribution in [2.45, 2.75) is 9.40 Å². The van der Waals surface area contributed by atoms with Gasteiger partial charge in [-0.1, -0.05) is 55.9 Å². The lowest BCUT2D eigenvalue weighted by atomic mass is 10.3. The van der Waals surface area contributed by atoms with Crippen LogP contribution in [0.2, 0.25) is 0 Å². The summed E-state index contributed by atoms with van der Waals surface area (Å²) in [7, 11) is 1.31. The van der Waals surface area contributed by atoms with Crippen LogP contribution in [0.5, 0.6) is 0 Å². The molecule has 0 radical (unpaired) electrons. The highest BCUT2D eigenvalue weighted by Crippen LogP contribution is 2.34. The third kappa shape index (κ3) is 4.19. The first-order chi connectivity index (χ1) is 11.7. The van der Waals surface area contributed by atoms with Gasteiger partial charge in [0.05, 0.1) is 11.6 Å². The number of carbonyl (C=O) groups is 2. The predicted molar refractivity (Wildman–Crippen MR) is 106 cm³/mol. The van der Waals surface area contributed by atoms with E-state index in [4.69, 9.17) is 11.6 Å². The molecule has 1 aliphatic rings. The molecule has 0 aromatic heterocycles. The van der Waals surface area contributed by atoms with Gasteiger partial charge in [0.2, 0.25) is 5.84 Å². The van der Waals surface area contributed by atoms with Crippen molar-refractivity contribution < 1.29 is 14.0 Å². The number of halogens is 4. The monoisotopic (exact) mass is 514 g/mol. The summed E-state index contributed by atoms with van der Waals surface area (Å²) in [5.41, 5.74) is -0.0486. The van der Waals surface area contributed by atoms with Gasteiger partial charge in [-0.2, -0.15) is 0 Å². The smallest absolute Gasteiger partial charge is 0.265 e. The fourth-order valence-electron chi connectivity index (χ4n) is 2.05. The molecule has 6 nitrogen and oxygen atoms in total. The fourth-order valence-corrected chi connectivity index (χ4v) is 3.41. The van der Waals surface area contributed by atoms with Crippen LogP contribution in [0.3, 0.4) is 0 Å². The van der Waals surface area contributed by atoms with Crippen LogP contribution in [0.15, 0.2) is 29.3 Å². The molecule has 136 valence electrons. The van der Waals surface area contributed by atoms with Gasteiger partial charge in [0, 0.05) is 7.05 Å². The number of hydrogen-bond donors (Lipinski definition) is 1. The molecule has 25 heavy (non-hydrogen) atoms. The Balaban J connectivity index is 2.56. The maximum absolute atomic E-state index is 14.2. The summed E-state index contributed by atoms with van der Waals surface area (Å²) in [4.78, 5) is 31.1. The van der Waals surface area contributed by atoms with Crippen molar-refractivity contribution in [2.24, 2.45) is 4.99 Å². The number of anilines is 1. The summed E-state index contributed by atoms with van der Waals surface area (Å²) in [6.07, 6.45) is 1.06. The van der Waals surface area contributed by atoms with Crippen LogP contribution in [0.4, 0.5) is 14.9 Å². The quantitative estimate of drug-likeness (QED) is 0.357. The zero-order valence-corrected chi connectivity index (χ0v) is 17.9. The summed E-state index contributed by atoms with van der Waals surface area (Å²) >= 11 is 14.0. The van der Waals surface area contributed by atoms with Crippen LogP contribution in [0.1, 0.15) is 0 Å². The van der Waals surface area contributed by atoms with Crippen molar-refractivity contribution in [3.63, 3.8) is 0 Å². The minimum absolute atomic E-state index is 0.0486. The molecule has 1 saturated heterocycles. The van der Waals surface area contributed by atoms with Gasteiger partial charge >= 0.3 is 6.03 Å². The van der Waals surface area contributed by atoms with E-state index in [1.54, 1.807) is 12.3 Å². The van der Waals surface area contributed by atoms with Crippen LogP contribution in [0, 0.1) is 5.82 Å². The molecular formula is C14H14Br2ClFN4O2S. The van der Waals surface area contributed by atoms with Gasteiger partial charge in [-0.05, 0) is 18.4 Å². The average Bonchev–Trinajstić information content (AvgIpc) is 2.79. The Hall–Kier alpha value is -0.680. The van der Waals surface area contributed by atoms with E-state index in [0.29, 0.717) is 0 Å². The number of carbonyl (C=O) groups excluding carboxylic acids is 2. The van der Waals surface area contributed by atoms with Gasteiger partial charge in [-0.25, -0.2) is 23.8 Å². The third-order valence-electron chi connectivity index (χ3n) is 3.34. The van der Waals surface area contributed by atoms with E-state index in [9.17, 15) is 14.0 Å². The number of amidine groups is 1. The first-order valence-electron chi connectivity index (χ1n) is 6.91. The topological polar surface area (TPSA) is 65.0 Å². The van der Waals surface area contributed by atoms with Crippen LogP contribution in [0.25, 0.3) is 0 Å². The average molecular weight is 517 g/mol. The Labute approximate surface area is 170 Å². The van der Waals surface area contributed by atoms with Gasteiger partial charge in [0.15, 0.2) is 0 Å². The number of rotatable bonds is 6. The molecule has 2 rings (SSSR count). The van der Waals surface area contributed by atoms with Crippen LogP contribution < -0.4 is 9.62 Å². The van der Waals surface area contributed by atoms with Crippen molar-refractivity contribution in [3.8, 4) is 0 Å². The third-order valence-corrected chi connectivity index (χ3v) is 6.29. The van der Waals surface area contributed by atoms with Crippen molar-refractivity contribution >= 4 is 78.9 Å². The molecule has 1 aromatic carbocycles. The number of aliphatic imine (C=N–C) groups is 1. The number of hydrogen-bond acceptors (Lipinski definition) is 5. The summed E-state index contributed by atoms with van der Waals surface area (Å²) in [6.45, 7) is 0. The SMILES string of the molecule is CSNC(/N=C1/C(=O)N(C)C(=O)N1c1ccccc1F)C(Br)(Br)CCl. The van der Waals surface area contributed by atoms with Gasteiger partial charge < -0.3 is 0 Å². The molecule has 0 spiro atoms. The Kier molecular flexibility index (Phi) is 6.88.